The van der Waals surface area contributed by atoms with Gasteiger partial charge in [-0.05, 0) is 42.9 Å². The molecular formula is C25H36F2O3. The predicted molar refractivity (Wildman–Crippen MR) is 119 cm³/mol. The number of rotatable bonds is 8. The monoisotopic (exact) mass is 422 g/mol. The molecule has 2 rings (SSSR count). The fraction of sp³-hybridized carbons (Fsp3) is 0.520. The number of benzene rings is 1. The third-order valence-corrected chi connectivity index (χ3v) is 4.87. The second-order valence-corrected chi connectivity index (χ2v) is 7.27. The average Bonchev–Trinajstić information content (AvgIpc) is 2.79. The van der Waals surface area contributed by atoms with E-state index in [0.717, 1.165) is 12.0 Å². The summed E-state index contributed by atoms with van der Waals surface area (Å²) in [5, 5.41) is 0. The van der Waals surface area contributed by atoms with Crippen molar-refractivity contribution in [3.05, 3.63) is 65.0 Å². The van der Waals surface area contributed by atoms with Crippen LogP contribution in [0.25, 0.3) is 6.08 Å². The van der Waals surface area contributed by atoms with E-state index in [9.17, 15) is 8.78 Å². The first-order valence-corrected chi connectivity index (χ1v) is 10.6. The molecule has 1 fully saturated rings. The zero-order valence-electron chi connectivity index (χ0n) is 19.0. The van der Waals surface area contributed by atoms with E-state index in [1.807, 2.05) is 18.2 Å². The van der Waals surface area contributed by atoms with Gasteiger partial charge in [-0.25, -0.2) is 8.78 Å². The average molecular weight is 423 g/mol. The second-order valence-electron chi connectivity index (χ2n) is 7.27. The number of halogens is 2. The van der Waals surface area contributed by atoms with Crippen LogP contribution in [0.2, 0.25) is 0 Å². The van der Waals surface area contributed by atoms with Gasteiger partial charge in [0.15, 0.2) is 17.9 Å². The number of hydrogen-bond acceptors (Lipinski definition) is 3. The Morgan fingerprint density at radius 3 is 2.23 bits per heavy atom. The molecule has 1 saturated heterocycles. The molecule has 0 aliphatic carbocycles. The summed E-state index contributed by atoms with van der Waals surface area (Å²) in [5.74, 6) is -1.66. The maximum Gasteiger partial charge on any atom is 0.196 e. The molecule has 1 aromatic carbocycles. The van der Waals surface area contributed by atoms with Crippen molar-refractivity contribution in [2.24, 2.45) is 0 Å². The van der Waals surface area contributed by atoms with Gasteiger partial charge < -0.3 is 14.2 Å². The number of allylic oxidation sites excluding steroid dienone is 3. The largest absolute Gasteiger partial charge is 0.498 e. The summed E-state index contributed by atoms with van der Waals surface area (Å²) < 4.78 is 44.4. The topological polar surface area (TPSA) is 27.7 Å². The minimum atomic E-state index is -0.981. The third kappa shape index (κ3) is 8.04. The van der Waals surface area contributed by atoms with Crippen LogP contribution in [0.5, 0.6) is 0 Å². The van der Waals surface area contributed by atoms with Crippen LogP contribution in [0.4, 0.5) is 8.78 Å². The lowest BCUT2D eigenvalue weighted by atomic mass is 9.92. The number of hydrogen-bond donors (Lipinski definition) is 0. The molecule has 1 aliphatic heterocycles. The number of ether oxygens (including phenoxy) is 3. The molecule has 5 heteroatoms. The number of methoxy groups -OCH3 is 1. The van der Waals surface area contributed by atoms with Crippen molar-refractivity contribution in [2.45, 2.75) is 65.6 Å². The van der Waals surface area contributed by atoms with E-state index < -0.39 is 17.9 Å². The van der Waals surface area contributed by atoms with Crippen LogP contribution in [0.1, 0.15) is 70.4 Å². The molecule has 1 aliphatic rings. The SMILES string of the molecule is C=Cc1ccc(C2CCC(OC/C(CC)=C(F)/C(F)=C(\C)OC)OC2)cc1.CCC. The van der Waals surface area contributed by atoms with E-state index in [4.69, 9.17) is 14.2 Å². The minimum Gasteiger partial charge on any atom is -0.498 e. The smallest absolute Gasteiger partial charge is 0.196 e. The van der Waals surface area contributed by atoms with Gasteiger partial charge in [-0.1, -0.05) is 64.1 Å². The molecule has 30 heavy (non-hydrogen) atoms. The quantitative estimate of drug-likeness (QED) is 0.321. The van der Waals surface area contributed by atoms with Gasteiger partial charge in [0, 0.05) is 5.92 Å². The van der Waals surface area contributed by atoms with Crippen molar-refractivity contribution in [1.82, 2.24) is 0 Å². The van der Waals surface area contributed by atoms with Crippen LogP contribution < -0.4 is 0 Å². The van der Waals surface area contributed by atoms with Gasteiger partial charge >= 0.3 is 0 Å². The summed E-state index contributed by atoms with van der Waals surface area (Å²) in [5.41, 5.74) is 2.57. The van der Waals surface area contributed by atoms with Gasteiger partial charge in [-0.15, -0.1) is 0 Å². The molecule has 1 heterocycles. The molecule has 0 amide bonds. The Morgan fingerprint density at radius 2 is 1.77 bits per heavy atom. The Hall–Kier alpha value is -1.98. The molecule has 0 radical (unpaired) electrons. The highest BCUT2D eigenvalue weighted by Gasteiger charge is 2.24. The van der Waals surface area contributed by atoms with Crippen molar-refractivity contribution in [1.29, 1.82) is 0 Å². The lowest BCUT2D eigenvalue weighted by Crippen LogP contribution is -2.27. The molecular weight excluding hydrogens is 386 g/mol. The zero-order valence-corrected chi connectivity index (χ0v) is 19.0. The lowest BCUT2D eigenvalue weighted by molar-refractivity contribution is -0.162. The molecule has 0 saturated carbocycles. The van der Waals surface area contributed by atoms with Crippen molar-refractivity contribution < 1.29 is 23.0 Å². The van der Waals surface area contributed by atoms with E-state index in [2.05, 4.69) is 32.6 Å². The Labute approximate surface area is 180 Å². The summed E-state index contributed by atoms with van der Waals surface area (Å²) in [6.07, 6.45) is 4.64. The standard InChI is InChI=1S/C22H28F2O3.C3H8/c1-5-16-7-9-18(10-8-16)19-11-12-20(27-14-19)26-13-17(6-2)22(24)21(23)15(3)25-4;1-3-2/h5,7-10,19-20H,1,6,11-14H2,2-4H3;3H2,1-2H3/b21-15-,22-17-;. The van der Waals surface area contributed by atoms with E-state index in [1.165, 1.54) is 26.0 Å². The maximum atomic E-state index is 14.2. The van der Waals surface area contributed by atoms with E-state index in [1.54, 1.807) is 6.92 Å². The highest BCUT2D eigenvalue weighted by atomic mass is 19.2. The molecule has 2 unspecified atom stereocenters. The molecule has 1 aromatic rings. The first kappa shape index (κ1) is 26.1. The molecule has 0 N–H and O–H groups in total. The van der Waals surface area contributed by atoms with Crippen molar-refractivity contribution in [2.75, 3.05) is 20.3 Å². The zero-order chi connectivity index (χ0) is 22.5. The maximum absolute atomic E-state index is 14.2. The fourth-order valence-electron chi connectivity index (χ4n) is 2.94. The van der Waals surface area contributed by atoms with Crippen molar-refractivity contribution >= 4 is 6.08 Å². The van der Waals surface area contributed by atoms with Crippen LogP contribution in [0.15, 0.2) is 53.8 Å². The first-order valence-electron chi connectivity index (χ1n) is 10.6. The highest BCUT2D eigenvalue weighted by molar-refractivity contribution is 5.47. The van der Waals surface area contributed by atoms with E-state index >= 15 is 0 Å². The van der Waals surface area contributed by atoms with Gasteiger partial charge in [0.25, 0.3) is 0 Å². The Bertz CT molecular complexity index is 700. The van der Waals surface area contributed by atoms with Gasteiger partial charge in [0.05, 0.1) is 20.3 Å². The summed E-state index contributed by atoms with van der Waals surface area (Å²) in [7, 11) is 1.31. The normalized spacial score (nSPS) is 20.4. The molecule has 2 atom stereocenters. The summed E-state index contributed by atoms with van der Waals surface area (Å²) in [6, 6.07) is 8.26. The van der Waals surface area contributed by atoms with Crippen molar-refractivity contribution in [3.63, 3.8) is 0 Å². The second kappa shape index (κ2) is 14.1. The van der Waals surface area contributed by atoms with Crippen molar-refractivity contribution in [3.8, 4) is 0 Å². The Kier molecular flexibility index (Phi) is 12.2. The molecule has 168 valence electrons. The summed E-state index contributed by atoms with van der Waals surface area (Å²) in [4.78, 5) is 0. The van der Waals surface area contributed by atoms with Gasteiger partial charge in [-0.2, -0.15) is 0 Å². The first-order chi connectivity index (χ1) is 14.4. The van der Waals surface area contributed by atoms with Crippen LogP contribution in [-0.4, -0.2) is 26.6 Å². The third-order valence-electron chi connectivity index (χ3n) is 4.87. The molecule has 3 nitrogen and oxygen atoms in total. The van der Waals surface area contributed by atoms with Gasteiger partial charge in [0.1, 0.15) is 5.76 Å². The fourth-order valence-corrected chi connectivity index (χ4v) is 2.94. The van der Waals surface area contributed by atoms with Gasteiger partial charge in [-0.3, -0.25) is 0 Å². The van der Waals surface area contributed by atoms with Crippen LogP contribution >= 0.6 is 0 Å². The predicted octanol–water partition coefficient (Wildman–Crippen LogP) is 7.46. The molecule has 0 aromatic heterocycles. The summed E-state index contributed by atoms with van der Waals surface area (Å²) >= 11 is 0. The van der Waals surface area contributed by atoms with Crippen LogP contribution in [0.3, 0.4) is 0 Å². The minimum absolute atomic E-state index is 0.00386. The van der Waals surface area contributed by atoms with E-state index in [0.29, 0.717) is 25.4 Å². The summed E-state index contributed by atoms with van der Waals surface area (Å²) in [6.45, 7) is 11.7. The van der Waals surface area contributed by atoms with E-state index in [-0.39, 0.29) is 17.9 Å². The molecule has 0 bridgehead atoms. The highest BCUT2D eigenvalue weighted by Crippen LogP contribution is 2.30. The molecule has 0 spiro atoms. The van der Waals surface area contributed by atoms with Crippen LogP contribution in [-0.2, 0) is 14.2 Å². The Morgan fingerprint density at radius 1 is 1.13 bits per heavy atom. The Balaban J connectivity index is 0.00000141. The van der Waals surface area contributed by atoms with Crippen LogP contribution in [0, 0.1) is 0 Å². The lowest BCUT2D eigenvalue weighted by Gasteiger charge is -2.29. The van der Waals surface area contributed by atoms with Gasteiger partial charge in [0.2, 0.25) is 0 Å².